The van der Waals surface area contributed by atoms with Gasteiger partial charge in [0.2, 0.25) is 0 Å². The highest BCUT2D eigenvalue weighted by Crippen LogP contribution is 2.20. The molecule has 0 fully saturated rings. The zero-order chi connectivity index (χ0) is 22.0. The number of hydrogen-bond donors (Lipinski definition) is 1. The van der Waals surface area contributed by atoms with E-state index in [1.165, 1.54) is 25.1 Å². The largest absolute Gasteiger partial charge is 0.451 e. The average molecular weight is 417 g/mol. The third-order valence-corrected chi connectivity index (χ3v) is 4.27. The van der Waals surface area contributed by atoms with Gasteiger partial charge in [-0.05, 0) is 37.6 Å². The number of oxazole rings is 1. The average Bonchev–Trinajstić information content (AvgIpc) is 2.99. The van der Waals surface area contributed by atoms with E-state index in [2.05, 4.69) is 5.32 Å². The molecule has 11 heteroatoms. The fourth-order valence-electron chi connectivity index (χ4n) is 2.65. The number of carbonyl (C=O) groups is 2. The van der Waals surface area contributed by atoms with Crippen LogP contribution in [0.5, 0.6) is 0 Å². The third-order valence-electron chi connectivity index (χ3n) is 4.27. The normalized spacial score (nSPS) is 11.8. The molecule has 156 valence electrons. The van der Waals surface area contributed by atoms with Crippen molar-refractivity contribution in [3.63, 3.8) is 0 Å². The molecule has 0 bridgehead atoms. The van der Waals surface area contributed by atoms with Crippen molar-refractivity contribution in [1.82, 2.24) is 4.57 Å². The molecule has 0 aliphatic carbocycles. The molecule has 0 aliphatic rings. The van der Waals surface area contributed by atoms with Gasteiger partial charge in [-0.3, -0.25) is 24.3 Å². The molecule has 1 unspecified atom stereocenters. The second kappa shape index (κ2) is 8.15. The number of nitrogens with zero attached hydrogens (tertiary/aromatic N) is 2. The predicted octanol–water partition coefficient (Wildman–Crippen LogP) is 2.52. The number of halogens is 1. The van der Waals surface area contributed by atoms with Crippen molar-refractivity contribution in [2.75, 3.05) is 5.32 Å². The Balaban J connectivity index is 1.68. The molecule has 3 aromatic rings. The Hall–Kier alpha value is -4.02. The summed E-state index contributed by atoms with van der Waals surface area (Å²) in [7, 11) is 0. The lowest BCUT2D eigenvalue weighted by Crippen LogP contribution is -2.32. The maximum absolute atomic E-state index is 13.6. The number of nitrogens with one attached hydrogen (secondary N) is 1. The molecule has 1 N–H and O–H groups in total. The molecule has 0 spiro atoms. The second-order valence-corrected chi connectivity index (χ2v) is 6.45. The molecule has 0 radical (unpaired) electrons. The Bertz CT molecular complexity index is 1210. The van der Waals surface area contributed by atoms with E-state index in [0.29, 0.717) is 5.56 Å². The number of nitro benzene ring substituents is 1. The van der Waals surface area contributed by atoms with Crippen LogP contribution in [0.25, 0.3) is 11.1 Å². The van der Waals surface area contributed by atoms with Crippen LogP contribution in [0.1, 0.15) is 12.5 Å². The maximum atomic E-state index is 13.6. The summed E-state index contributed by atoms with van der Waals surface area (Å²) in [5.74, 6) is -3.00. The first-order valence-electron chi connectivity index (χ1n) is 8.70. The van der Waals surface area contributed by atoms with E-state index in [9.17, 15) is 28.9 Å². The van der Waals surface area contributed by atoms with E-state index in [0.717, 1.165) is 22.8 Å². The number of benzene rings is 2. The van der Waals surface area contributed by atoms with E-state index in [1.54, 1.807) is 6.92 Å². The lowest BCUT2D eigenvalue weighted by Gasteiger charge is -2.14. The number of fused-ring (bicyclic) bond motifs is 1. The summed E-state index contributed by atoms with van der Waals surface area (Å²) >= 11 is 0. The first-order chi connectivity index (χ1) is 14.2. The van der Waals surface area contributed by atoms with Gasteiger partial charge in [-0.2, -0.15) is 0 Å². The zero-order valence-corrected chi connectivity index (χ0v) is 15.9. The number of aromatic nitrogens is 1. The number of carbonyl (C=O) groups excluding carboxylic acids is 2. The minimum absolute atomic E-state index is 0.0609. The van der Waals surface area contributed by atoms with Crippen molar-refractivity contribution in [2.24, 2.45) is 0 Å². The summed E-state index contributed by atoms with van der Waals surface area (Å²) in [6.07, 6.45) is -1.23. The Labute approximate surface area is 168 Å². The lowest BCUT2D eigenvalue weighted by molar-refractivity contribution is -0.384. The number of hydrogen-bond acceptors (Lipinski definition) is 7. The molecular weight excluding hydrogens is 401 g/mol. The zero-order valence-electron chi connectivity index (χ0n) is 15.9. The van der Waals surface area contributed by atoms with Gasteiger partial charge in [0.05, 0.1) is 16.5 Å². The van der Waals surface area contributed by atoms with E-state index < -0.39 is 41.0 Å². The molecule has 1 heterocycles. The fraction of sp³-hybridized carbons (Fsp3) is 0.211. The van der Waals surface area contributed by atoms with Gasteiger partial charge >= 0.3 is 11.7 Å². The van der Waals surface area contributed by atoms with Gasteiger partial charge in [-0.1, -0.05) is 6.07 Å². The number of rotatable bonds is 6. The molecule has 1 atom stereocenters. The monoisotopic (exact) mass is 417 g/mol. The first kappa shape index (κ1) is 20.7. The number of non-ortho nitro benzene ring substituents is 1. The number of esters is 1. The van der Waals surface area contributed by atoms with Crippen LogP contribution >= 0.6 is 0 Å². The molecule has 0 aliphatic heterocycles. The smallest absolute Gasteiger partial charge is 0.420 e. The summed E-state index contributed by atoms with van der Waals surface area (Å²) < 4.78 is 24.5. The summed E-state index contributed by atoms with van der Waals surface area (Å²) in [5, 5.41) is 13.2. The summed E-state index contributed by atoms with van der Waals surface area (Å²) in [6.45, 7) is 2.32. The molecule has 1 aromatic heterocycles. The summed E-state index contributed by atoms with van der Waals surface area (Å²) in [6, 6.07) is 7.63. The van der Waals surface area contributed by atoms with Crippen molar-refractivity contribution in [3.05, 3.63) is 68.4 Å². The van der Waals surface area contributed by atoms with E-state index in [4.69, 9.17) is 9.15 Å². The quantitative estimate of drug-likeness (QED) is 0.370. The lowest BCUT2D eigenvalue weighted by atomic mass is 10.2. The minimum atomic E-state index is -1.23. The van der Waals surface area contributed by atoms with Gasteiger partial charge in [0.15, 0.2) is 11.7 Å². The number of amides is 1. The summed E-state index contributed by atoms with van der Waals surface area (Å²) in [5.41, 5.74) is 0.438. The second-order valence-electron chi connectivity index (χ2n) is 6.45. The molecule has 0 saturated heterocycles. The van der Waals surface area contributed by atoms with Crippen molar-refractivity contribution in [1.29, 1.82) is 0 Å². The number of aryl methyl sites for hydroxylation is 1. The maximum Gasteiger partial charge on any atom is 0.420 e. The Morgan fingerprint density at radius 2 is 2.03 bits per heavy atom. The first-order valence-corrected chi connectivity index (χ1v) is 8.70. The predicted molar refractivity (Wildman–Crippen MR) is 102 cm³/mol. The van der Waals surface area contributed by atoms with E-state index in [-0.39, 0.29) is 22.5 Å². The van der Waals surface area contributed by atoms with Gasteiger partial charge in [0.1, 0.15) is 12.4 Å². The molecule has 30 heavy (non-hydrogen) atoms. The Morgan fingerprint density at radius 3 is 2.70 bits per heavy atom. The highest BCUT2D eigenvalue weighted by Gasteiger charge is 2.21. The van der Waals surface area contributed by atoms with Crippen molar-refractivity contribution >= 4 is 34.4 Å². The molecular formula is C19H16FN3O7. The van der Waals surface area contributed by atoms with Crippen LogP contribution in [0.15, 0.2) is 45.6 Å². The van der Waals surface area contributed by atoms with Gasteiger partial charge < -0.3 is 14.5 Å². The van der Waals surface area contributed by atoms with Crippen molar-refractivity contribution < 1.29 is 28.1 Å². The van der Waals surface area contributed by atoms with Crippen LogP contribution < -0.4 is 11.1 Å². The van der Waals surface area contributed by atoms with Crippen LogP contribution in [0.4, 0.5) is 15.8 Å². The van der Waals surface area contributed by atoms with Gasteiger partial charge in [-0.15, -0.1) is 0 Å². The van der Waals surface area contributed by atoms with Crippen LogP contribution in [0.3, 0.4) is 0 Å². The Kier molecular flexibility index (Phi) is 5.63. The fourth-order valence-corrected chi connectivity index (χ4v) is 2.65. The molecule has 2 aromatic carbocycles. The SMILES string of the molecule is Cc1ccc(NC(=O)C(C)OC(=O)Cn2c(=O)oc3cc([N+](=O)[O-])ccc32)cc1F. The Morgan fingerprint density at radius 1 is 1.30 bits per heavy atom. The topological polar surface area (TPSA) is 134 Å². The van der Waals surface area contributed by atoms with Crippen LogP contribution in [-0.2, 0) is 20.9 Å². The van der Waals surface area contributed by atoms with Crippen LogP contribution in [0.2, 0.25) is 0 Å². The highest BCUT2D eigenvalue weighted by atomic mass is 19.1. The molecule has 1 amide bonds. The standard InChI is InChI=1S/C19H16FN3O7/c1-10-3-4-12(7-14(10)20)21-18(25)11(2)29-17(24)9-22-15-6-5-13(23(27)28)8-16(15)30-19(22)26/h3-8,11H,9H2,1-2H3,(H,21,25). The minimum Gasteiger partial charge on any atom is -0.451 e. The number of nitro groups is 1. The van der Waals surface area contributed by atoms with Gasteiger partial charge in [0.25, 0.3) is 11.6 Å². The number of anilines is 1. The molecule has 3 rings (SSSR count). The highest BCUT2D eigenvalue weighted by molar-refractivity contribution is 5.95. The number of ether oxygens (including phenoxy) is 1. The van der Waals surface area contributed by atoms with Crippen LogP contribution in [-0.4, -0.2) is 27.5 Å². The third kappa shape index (κ3) is 4.35. The summed E-state index contributed by atoms with van der Waals surface area (Å²) in [4.78, 5) is 46.5. The van der Waals surface area contributed by atoms with Crippen molar-refractivity contribution in [2.45, 2.75) is 26.5 Å². The molecule has 0 saturated carbocycles. The van der Waals surface area contributed by atoms with Gasteiger partial charge in [-0.25, -0.2) is 9.18 Å². The van der Waals surface area contributed by atoms with E-state index in [1.807, 2.05) is 0 Å². The van der Waals surface area contributed by atoms with Crippen LogP contribution in [0, 0.1) is 22.9 Å². The van der Waals surface area contributed by atoms with Gasteiger partial charge in [0, 0.05) is 11.8 Å². The van der Waals surface area contributed by atoms with Crippen molar-refractivity contribution in [3.8, 4) is 0 Å². The molecule has 10 nitrogen and oxygen atoms in total. The van der Waals surface area contributed by atoms with E-state index >= 15 is 0 Å².